The Kier molecular flexibility index (Phi) is 3.70. The first-order valence-electron chi connectivity index (χ1n) is 7.74. The van der Waals surface area contributed by atoms with E-state index in [2.05, 4.69) is 25.7 Å². The molecule has 0 saturated heterocycles. The summed E-state index contributed by atoms with van der Waals surface area (Å²) in [6.07, 6.45) is 1.79. The molecule has 2 N–H and O–H groups in total. The first-order chi connectivity index (χ1) is 12.2. The third-order valence-electron chi connectivity index (χ3n) is 3.86. The van der Waals surface area contributed by atoms with Crippen molar-refractivity contribution in [1.82, 2.24) is 19.7 Å². The van der Waals surface area contributed by atoms with Gasteiger partial charge < -0.3 is 0 Å². The standard InChI is InChI=1S/C17H14N6O2/c24-14-10-13(11-6-2-1-3-7-11)23-17(19-14)21-16(22-23)20-15(25)12-8-4-5-9-18-12/h1-9,13H,10H2,(H2,19,20,21,22,24,25)/t13-/m0/s1. The van der Waals surface area contributed by atoms with Crippen LogP contribution in [0.5, 0.6) is 0 Å². The Labute approximate surface area is 142 Å². The summed E-state index contributed by atoms with van der Waals surface area (Å²) in [5, 5.41) is 9.62. The Hall–Kier alpha value is -3.55. The van der Waals surface area contributed by atoms with Crippen LogP contribution in [0.25, 0.3) is 0 Å². The molecule has 1 atom stereocenters. The SMILES string of the molecule is O=C1C[C@@H](c2ccccc2)n2nc(NC(=O)c3ccccn3)nc2N1. The number of nitrogens with one attached hydrogen (secondary N) is 2. The Morgan fingerprint density at radius 1 is 1.16 bits per heavy atom. The van der Waals surface area contributed by atoms with Crippen molar-refractivity contribution in [3.63, 3.8) is 0 Å². The predicted octanol–water partition coefficient (Wildman–Crippen LogP) is 1.86. The van der Waals surface area contributed by atoms with Crippen LogP contribution in [-0.4, -0.2) is 31.6 Å². The lowest BCUT2D eigenvalue weighted by atomic mass is 10.0. The molecule has 0 fully saturated rings. The number of rotatable bonds is 3. The third-order valence-corrected chi connectivity index (χ3v) is 3.86. The zero-order chi connectivity index (χ0) is 17.2. The zero-order valence-electron chi connectivity index (χ0n) is 13.1. The number of hydrogen-bond donors (Lipinski definition) is 2. The molecule has 124 valence electrons. The Morgan fingerprint density at radius 3 is 2.72 bits per heavy atom. The maximum absolute atomic E-state index is 12.2. The van der Waals surface area contributed by atoms with Crippen molar-refractivity contribution >= 4 is 23.7 Å². The van der Waals surface area contributed by atoms with Gasteiger partial charge in [-0.1, -0.05) is 36.4 Å². The summed E-state index contributed by atoms with van der Waals surface area (Å²) < 4.78 is 1.62. The molecule has 3 heterocycles. The minimum absolute atomic E-state index is 0.119. The molecule has 25 heavy (non-hydrogen) atoms. The van der Waals surface area contributed by atoms with Crippen LogP contribution in [0.15, 0.2) is 54.7 Å². The van der Waals surface area contributed by atoms with Crippen LogP contribution in [-0.2, 0) is 4.79 Å². The minimum atomic E-state index is -0.411. The van der Waals surface area contributed by atoms with Crippen molar-refractivity contribution in [3.8, 4) is 0 Å². The van der Waals surface area contributed by atoms with Crippen molar-refractivity contribution in [2.75, 3.05) is 10.6 Å². The maximum atomic E-state index is 12.2. The number of pyridine rings is 1. The highest BCUT2D eigenvalue weighted by Gasteiger charge is 2.29. The van der Waals surface area contributed by atoms with Gasteiger partial charge in [-0.15, -0.1) is 5.10 Å². The van der Waals surface area contributed by atoms with Crippen LogP contribution in [0.1, 0.15) is 28.5 Å². The average molecular weight is 334 g/mol. The first kappa shape index (κ1) is 15.0. The van der Waals surface area contributed by atoms with E-state index in [0.29, 0.717) is 5.95 Å². The largest absolute Gasteiger partial charge is 0.295 e. The van der Waals surface area contributed by atoms with E-state index in [0.717, 1.165) is 5.56 Å². The molecule has 0 saturated carbocycles. The smallest absolute Gasteiger partial charge is 0.276 e. The second-order valence-electron chi connectivity index (χ2n) is 5.55. The highest BCUT2D eigenvalue weighted by Crippen LogP contribution is 2.29. The molecule has 1 aliphatic rings. The summed E-state index contributed by atoms with van der Waals surface area (Å²) in [6, 6.07) is 14.4. The van der Waals surface area contributed by atoms with Crippen LogP contribution in [0.2, 0.25) is 0 Å². The molecule has 0 aliphatic carbocycles. The molecule has 0 spiro atoms. The van der Waals surface area contributed by atoms with E-state index < -0.39 is 5.91 Å². The quantitative estimate of drug-likeness (QED) is 0.761. The number of benzene rings is 1. The number of anilines is 2. The predicted molar refractivity (Wildman–Crippen MR) is 90.0 cm³/mol. The van der Waals surface area contributed by atoms with Crippen LogP contribution in [0, 0.1) is 0 Å². The second-order valence-corrected chi connectivity index (χ2v) is 5.55. The summed E-state index contributed by atoms with van der Waals surface area (Å²) in [4.78, 5) is 32.4. The lowest BCUT2D eigenvalue weighted by Crippen LogP contribution is -2.29. The van der Waals surface area contributed by atoms with Gasteiger partial charge in [0.05, 0.1) is 12.5 Å². The molecule has 0 radical (unpaired) electrons. The molecule has 8 heteroatoms. The Balaban J connectivity index is 1.63. The minimum Gasteiger partial charge on any atom is -0.295 e. The van der Waals surface area contributed by atoms with Gasteiger partial charge in [-0.25, -0.2) is 4.68 Å². The van der Waals surface area contributed by atoms with Crippen molar-refractivity contribution < 1.29 is 9.59 Å². The van der Waals surface area contributed by atoms with Gasteiger partial charge in [0.1, 0.15) is 5.69 Å². The number of hydrogen-bond acceptors (Lipinski definition) is 5. The van der Waals surface area contributed by atoms with Crippen LogP contribution >= 0.6 is 0 Å². The van der Waals surface area contributed by atoms with E-state index >= 15 is 0 Å². The highest BCUT2D eigenvalue weighted by molar-refractivity contribution is 6.02. The molecule has 8 nitrogen and oxygen atoms in total. The maximum Gasteiger partial charge on any atom is 0.276 e. The van der Waals surface area contributed by atoms with Crippen molar-refractivity contribution in [3.05, 3.63) is 66.0 Å². The summed E-state index contributed by atoms with van der Waals surface area (Å²) in [5.41, 5.74) is 1.21. The number of aromatic nitrogens is 4. The fraction of sp³-hybridized carbons (Fsp3) is 0.118. The molecule has 4 rings (SSSR count). The molecule has 2 amide bonds. The summed E-state index contributed by atoms with van der Waals surface area (Å²) >= 11 is 0. The topological polar surface area (TPSA) is 102 Å². The lowest BCUT2D eigenvalue weighted by Gasteiger charge is -2.23. The number of nitrogens with zero attached hydrogens (tertiary/aromatic N) is 4. The van der Waals surface area contributed by atoms with Gasteiger partial charge in [0, 0.05) is 6.20 Å². The Bertz CT molecular complexity index is 923. The van der Waals surface area contributed by atoms with E-state index in [1.165, 1.54) is 6.20 Å². The van der Waals surface area contributed by atoms with E-state index in [1.54, 1.807) is 22.9 Å². The molecule has 1 aliphatic heterocycles. The lowest BCUT2D eigenvalue weighted by molar-refractivity contribution is -0.117. The summed E-state index contributed by atoms with van der Waals surface area (Å²) in [6.45, 7) is 0. The summed E-state index contributed by atoms with van der Waals surface area (Å²) in [7, 11) is 0. The number of fused-ring (bicyclic) bond motifs is 1. The van der Waals surface area contributed by atoms with Crippen molar-refractivity contribution in [2.45, 2.75) is 12.5 Å². The molecular formula is C17H14N6O2. The molecule has 3 aromatic rings. The monoisotopic (exact) mass is 334 g/mol. The molecule has 2 aromatic heterocycles. The van der Waals surface area contributed by atoms with Gasteiger partial charge >= 0.3 is 0 Å². The van der Waals surface area contributed by atoms with Gasteiger partial charge in [-0.2, -0.15) is 4.98 Å². The van der Waals surface area contributed by atoms with Crippen molar-refractivity contribution in [2.24, 2.45) is 0 Å². The van der Waals surface area contributed by atoms with Crippen molar-refractivity contribution in [1.29, 1.82) is 0 Å². The average Bonchev–Trinajstić information content (AvgIpc) is 3.04. The number of carbonyl (C=O) groups excluding carboxylic acids is 2. The zero-order valence-corrected chi connectivity index (χ0v) is 13.1. The first-order valence-corrected chi connectivity index (χ1v) is 7.74. The number of carbonyl (C=O) groups is 2. The fourth-order valence-corrected chi connectivity index (χ4v) is 2.71. The molecule has 1 aromatic carbocycles. The van der Waals surface area contributed by atoms with Gasteiger partial charge in [0.25, 0.3) is 11.9 Å². The van der Waals surface area contributed by atoms with Gasteiger partial charge in [-0.05, 0) is 17.7 Å². The van der Waals surface area contributed by atoms with Gasteiger partial charge in [-0.3, -0.25) is 25.2 Å². The van der Waals surface area contributed by atoms with E-state index in [9.17, 15) is 9.59 Å². The molecule has 0 bridgehead atoms. The van der Waals surface area contributed by atoms with E-state index in [-0.39, 0.29) is 30.0 Å². The third kappa shape index (κ3) is 2.97. The highest BCUT2D eigenvalue weighted by atomic mass is 16.2. The van der Waals surface area contributed by atoms with Gasteiger partial charge in [0.15, 0.2) is 0 Å². The van der Waals surface area contributed by atoms with E-state index in [1.807, 2.05) is 30.3 Å². The Morgan fingerprint density at radius 2 is 1.96 bits per heavy atom. The van der Waals surface area contributed by atoms with Crippen LogP contribution in [0.4, 0.5) is 11.9 Å². The molecule has 0 unspecified atom stereocenters. The second kappa shape index (κ2) is 6.16. The van der Waals surface area contributed by atoms with Crippen LogP contribution in [0.3, 0.4) is 0 Å². The van der Waals surface area contributed by atoms with E-state index in [4.69, 9.17) is 0 Å². The fourth-order valence-electron chi connectivity index (χ4n) is 2.71. The van der Waals surface area contributed by atoms with Gasteiger partial charge in [0.2, 0.25) is 11.9 Å². The normalized spacial score (nSPS) is 16.0. The van der Waals surface area contributed by atoms with Crippen LogP contribution < -0.4 is 10.6 Å². The summed E-state index contributed by atoms with van der Waals surface area (Å²) in [5.74, 6) is -0.127. The molecular weight excluding hydrogens is 320 g/mol. The number of amides is 2.